The summed E-state index contributed by atoms with van der Waals surface area (Å²) >= 11 is 0. The van der Waals surface area contributed by atoms with Crippen molar-refractivity contribution in [1.29, 1.82) is 0 Å². The number of carbonyl (C=O) groups excluding carboxylic acids is 3. The Bertz CT molecular complexity index is 630. The molecule has 1 aromatic rings. The normalized spacial score (nSPS) is 11.4. The molecule has 9 heteroatoms. The summed E-state index contributed by atoms with van der Waals surface area (Å²) in [6.07, 6.45) is 1.88. The number of methoxy groups -OCH3 is 1. The van der Waals surface area contributed by atoms with Crippen LogP contribution in [0.1, 0.15) is 18.4 Å². The Labute approximate surface area is 160 Å². The molecule has 24 heavy (non-hydrogen) atoms. The summed E-state index contributed by atoms with van der Waals surface area (Å²) in [5.74, 6) is -3.10. The van der Waals surface area contributed by atoms with Gasteiger partial charge in [0.1, 0.15) is 0 Å². The van der Waals surface area contributed by atoms with Gasteiger partial charge in [0.05, 0.1) is 13.1 Å². The molecule has 0 aliphatic heterocycles. The van der Waals surface area contributed by atoms with Gasteiger partial charge in [0, 0.05) is 18.5 Å². The first-order valence-electron chi connectivity index (χ1n) is 6.59. The maximum absolute atomic E-state index is 11.5. The van der Waals surface area contributed by atoms with Gasteiger partial charge in [0.15, 0.2) is 11.5 Å². The molecule has 0 unspecified atom stereocenters. The summed E-state index contributed by atoms with van der Waals surface area (Å²) in [7, 11) is 1.38. The van der Waals surface area contributed by atoms with Crippen LogP contribution in [0.2, 0.25) is 0 Å². The van der Waals surface area contributed by atoms with E-state index in [1.54, 1.807) is 0 Å². The average molecular weight is 345 g/mol. The smallest absolute Gasteiger partial charge is 0.548 e. The molecule has 0 saturated carbocycles. The number of carbonyl (C=O) groups is 3. The molecule has 8 nitrogen and oxygen atoms in total. The minimum absolute atomic E-state index is 0. The Morgan fingerprint density at radius 2 is 2.04 bits per heavy atom. The number of phenols is 1. The van der Waals surface area contributed by atoms with Crippen LogP contribution < -0.4 is 45.1 Å². The number of carboxylic acid groups (broad SMARTS) is 1. The molecule has 0 aliphatic rings. The van der Waals surface area contributed by atoms with Crippen LogP contribution in [-0.2, 0) is 19.1 Å². The van der Waals surface area contributed by atoms with Crippen LogP contribution >= 0.6 is 0 Å². The second-order valence-electron chi connectivity index (χ2n) is 4.52. The van der Waals surface area contributed by atoms with Gasteiger partial charge in [0.25, 0.3) is 0 Å². The van der Waals surface area contributed by atoms with E-state index in [0.717, 1.165) is 6.08 Å². The number of benzene rings is 1. The zero-order chi connectivity index (χ0) is 17.4. The van der Waals surface area contributed by atoms with Crippen LogP contribution in [0.25, 0.3) is 6.08 Å². The Balaban J connectivity index is 0.00000529. The van der Waals surface area contributed by atoms with Crippen molar-refractivity contribution in [3.05, 3.63) is 29.8 Å². The van der Waals surface area contributed by atoms with Gasteiger partial charge in [-0.15, -0.1) is 0 Å². The molecule has 0 aliphatic carbocycles. The molecule has 1 rings (SSSR count). The number of aromatic hydroxyl groups is 1. The summed E-state index contributed by atoms with van der Waals surface area (Å²) in [5.41, 5.74) is 5.71. The SMILES string of the molecule is COc1cc(C=CC(=O)OC(=O)CC[C@H](N)C(=O)[O-])ccc1O.[Na+]. The molecule has 1 atom stereocenters. The Kier molecular flexibility index (Phi) is 9.98. The summed E-state index contributed by atoms with van der Waals surface area (Å²) in [5, 5.41) is 19.8. The standard InChI is InChI=1S/C15H17NO7.Na/c1-22-12-8-9(2-5-11(12)17)3-6-13(18)23-14(19)7-4-10(16)15(20)21;/h2-3,5-6,8,10,17H,4,7,16H2,1H3,(H,20,21);/q;+1/p-1/t10-;/m0./s1. The first-order chi connectivity index (χ1) is 10.8. The van der Waals surface area contributed by atoms with E-state index in [0.29, 0.717) is 5.56 Å². The minimum Gasteiger partial charge on any atom is -0.548 e. The monoisotopic (exact) mass is 345 g/mol. The quantitative estimate of drug-likeness (QED) is 0.223. The number of carboxylic acids is 1. The molecule has 0 spiro atoms. The molecule has 1 aromatic carbocycles. The summed E-state index contributed by atoms with van der Waals surface area (Å²) < 4.78 is 9.38. The molecule has 0 radical (unpaired) electrons. The third-order valence-corrected chi connectivity index (χ3v) is 2.79. The van der Waals surface area contributed by atoms with E-state index >= 15 is 0 Å². The van der Waals surface area contributed by atoms with Crippen LogP contribution in [-0.4, -0.2) is 36.2 Å². The number of ether oxygens (including phenoxy) is 2. The summed E-state index contributed by atoms with van der Waals surface area (Å²) in [4.78, 5) is 33.2. The van der Waals surface area contributed by atoms with E-state index < -0.39 is 23.9 Å². The molecular formula is C15H16NNaO7. The van der Waals surface area contributed by atoms with Gasteiger partial charge >= 0.3 is 41.5 Å². The fourth-order valence-corrected chi connectivity index (χ4v) is 1.55. The zero-order valence-corrected chi connectivity index (χ0v) is 15.4. The maximum Gasteiger partial charge on any atom is 1.00 e. The van der Waals surface area contributed by atoms with Gasteiger partial charge in [-0.2, -0.15) is 0 Å². The average Bonchev–Trinajstić information content (AvgIpc) is 2.51. The number of nitrogens with two attached hydrogens (primary N) is 1. The first-order valence-corrected chi connectivity index (χ1v) is 6.59. The predicted molar refractivity (Wildman–Crippen MR) is 77.0 cm³/mol. The van der Waals surface area contributed by atoms with Crippen molar-refractivity contribution in [2.24, 2.45) is 5.73 Å². The minimum atomic E-state index is -1.48. The molecule has 0 aromatic heterocycles. The van der Waals surface area contributed by atoms with Crippen molar-refractivity contribution < 1.29 is 63.6 Å². The molecule has 0 amide bonds. The zero-order valence-electron chi connectivity index (χ0n) is 13.4. The number of rotatable bonds is 7. The van der Waals surface area contributed by atoms with E-state index in [4.69, 9.17) is 10.5 Å². The van der Waals surface area contributed by atoms with Gasteiger partial charge in [0.2, 0.25) is 0 Å². The van der Waals surface area contributed by atoms with E-state index in [1.807, 2.05) is 0 Å². The second-order valence-corrected chi connectivity index (χ2v) is 4.52. The third-order valence-electron chi connectivity index (χ3n) is 2.79. The van der Waals surface area contributed by atoms with Crippen LogP contribution in [0, 0.1) is 0 Å². The van der Waals surface area contributed by atoms with Crippen molar-refractivity contribution >= 4 is 24.0 Å². The molecule has 0 bridgehead atoms. The van der Waals surface area contributed by atoms with Crippen molar-refractivity contribution in [3.63, 3.8) is 0 Å². The fourth-order valence-electron chi connectivity index (χ4n) is 1.55. The van der Waals surface area contributed by atoms with Gasteiger partial charge in [-0.3, -0.25) is 4.79 Å². The largest absolute Gasteiger partial charge is 1.00 e. The van der Waals surface area contributed by atoms with Gasteiger partial charge < -0.3 is 30.2 Å². The Morgan fingerprint density at radius 3 is 2.62 bits per heavy atom. The Hall–Kier alpha value is -1.87. The number of aliphatic carboxylic acids is 1. The second kappa shape index (κ2) is 10.8. The summed E-state index contributed by atoms with van der Waals surface area (Å²) in [6.45, 7) is 0. The van der Waals surface area contributed by atoms with Crippen molar-refractivity contribution in [2.45, 2.75) is 18.9 Å². The van der Waals surface area contributed by atoms with E-state index in [1.165, 1.54) is 31.4 Å². The molecular weight excluding hydrogens is 329 g/mol. The van der Waals surface area contributed by atoms with E-state index in [-0.39, 0.29) is 53.9 Å². The topological polar surface area (TPSA) is 139 Å². The van der Waals surface area contributed by atoms with Crippen LogP contribution in [0.5, 0.6) is 11.5 Å². The van der Waals surface area contributed by atoms with Crippen LogP contribution in [0.3, 0.4) is 0 Å². The van der Waals surface area contributed by atoms with E-state index in [2.05, 4.69) is 4.74 Å². The van der Waals surface area contributed by atoms with Crippen molar-refractivity contribution in [3.8, 4) is 11.5 Å². The number of esters is 2. The Morgan fingerprint density at radius 1 is 1.38 bits per heavy atom. The van der Waals surface area contributed by atoms with Gasteiger partial charge in [-0.25, -0.2) is 4.79 Å². The number of hydrogen-bond acceptors (Lipinski definition) is 8. The maximum atomic E-state index is 11.5. The summed E-state index contributed by atoms with van der Waals surface area (Å²) in [6, 6.07) is 3.11. The molecule has 124 valence electrons. The third kappa shape index (κ3) is 7.60. The molecule has 0 heterocycles. The predicted octanol–water partition coefficient (Wildman–Crippen LogP) is -3.65. The molecule has 0 saturated heterocycles. The van der Waals surface area contributed by atoms with Crippen LogP contribution in [0.15, 0.2) is 24.3 Å². The van der Waals surface area contributed by atoms with Crippen LogP contribution in [0.4, 0.5) is 0 Å². The van der Waals surface area contributed by atoms with E-state index in [9.17, 15) is 24.6 Å². The molecule has 0 fully saturated rings. The fraction of sp³-hybridized carbons (Fsp3) is 0.267. The number of phenolic OH excluding ortho intramolecular Hbond substituents is 1. The number of hydrogen-bond donors (Lipinski definition) is 2. The molecule has 3 N–H and O–H groups in total. The van der Waals surface area contributed by atoms with Gasteiger partial charge in [-0.05, 0) is 30.2 Å². The van der Waals surface area contributed by atoms with Crippen molar-refractivity contribution in [1.82, 2.24) is 0 Å². The van der Waals surface area contributed by atoms with Crippen molar-refractivity contribution in [2.75, 3.05) is 7.11 Å². The van der Waals surface area contributed by atoms with Gasteiger partial charge in [-0.1, -0.05) is 6.07 Å². The first kappa shape index (κ1) is 22.1.